The van der Waals surface area contributed by atoms with Crippen LogP contribution < -0.4 is 25.8 Å². The predicted octanol–water partition coefficient (Wildman–Crippen LogP) is 1.02. The van der Waals surface area contributed by atoms with Gasteiger partial charge in [-0.15, -0.1) is 0 Å². The number of amides is 1. The Labute approximate surface area is 172 Å². The maximum Gasteiger partial charge on any atom is 0.231 e. The van der Waals surface area contributed by atoms with Gasteiger partial charge in [0.2, 0.25) is 5.91 Å². The summed E-state index contributed by atoms with van der Waals surface area (Å²) >= 11 is 0. The fourth-order valence-corrected chi connectivity index (χ4v) is 3.93. The van der Waals surface area contributed by atoms with Crippen LogP contribution in [0.25, 0.3) is 0 Å². The van der Waals surface area contributed by atoms with Crippen molar-refractivity contribution >= 4 is 11.9 Å². The van der Waals surface area contributed by atoms with E-state index in [-0.39, 0.29) is 12.0 Å². The number of rotatable bonds is 7. The van der Waals surface area contributed by atoms with Crippen molar-refractivity contribution in [2.24, 2.45) is 10.7 Å². The van der Waals surface area contributed by atoms with Gasteiger partial charge in [-0.3, -0.25) is 9.69 Å². The number of piperidine rings is 1. The van der Waals surface area contributed by atoms with Gasteiger partial charge in [-0.25, -0.2) is 4.99 Å². The topological polar surface area (TPSA) is 101 Å². The van der Waals surface area contributed by atoms with E-state index in [0.717, 1.165) is 61.9 Å². The second-order valence-electron chi connectivity index (χ2n) is 7.76. The second kappa shape index (κ2) is 9.82. The first-order valence-electron chi connectivity index (χ1n) is 10.4. The minimum absolute atomic E-state index is 0.202. The molecule has 0 saturated carbocycles. The molecule has 160 valence electrons. The van der Waals surface area contributed by atoms with Crippen LogP contribution in [0.2, 0.25) is 0 Å². The molecule has 4 N–H and O–H groups in total. The Morgan fingerprint density at radius 3 is 2.79 bits per heavy atom. The highest BCUT2D eigenvalue weighted by molar-refractivity contribution is 5.80. The molecule has 8 heteroatoms. The normalized spacial score (nSPS) is 20.1. The zero-order valence-corrected chi connectivity index (χ0v) is 17.7. The Kier molecular flexibility index (Phi) is 7.19. The van der Waals surface area contributed by atoms with Crippen LogP contribution in [0.1, 0.15) is 37.8 Å². The molecule has 1 atom stereocenters. The van der Waals surface area contributed by atoms with Crippen molar-refractivity contribution in [3.63, 3.8) is 0 Å². The van der Waals surface area contributed by atoms with Crippen LogP contribution in [0.4, 0.5) is 0 Å². The van der Waals surface area contributed by atoms with E-state index in [9.17, 15) is 4.79 Å². The first-order chi connectivity index (χ1) is 14.0. The van der Waals surface area contributed by atoms with Crippen molar-refractivity contribution in [2.75, 3.05) is 33.3 Å². The predicted molar refractivity (Wildman–Crippen MR) is 113 cm³/mol. The van der Waals surface area contributed by atoms with E-state index >= 15 is 0 Å². The Hall–Kier alpha value is -2.48. The smallest absolute Gasteiger partial charge is 0.231 e. The van der Waals surface area contributed by atoms with Gasteiger partial charge in [0, 0.05) is 43.2 Å². The molecular weight excluding hydrogens is 370 g/mol. The molecule has 1 amide bonds. The number of hydrogen-bond donors (Lipinski definition) is 3. The lowest BCUT2D eigenvalue weighted by Crippen LogP contribution is -2.49. The van der Waals surface area contributed by atoms with E-state index in [1.165, 1.54) is 5.56 Å². The van der Waals surface area contributed by atoms with Crippen LogP contribution >= 0.6 is 0 Å². The Bertz CT molecular complexity index is 744. The van der Waals surface area contributed by atoms with Crippen molar-refractivity contribution < 1.29 is 14.3 Å². The minimum Gasteiger partial charge on any atom is -0.496 e. The number of carbonyl (C=O) groups is 1. The number of hydrogen-bond acceptors (Lipinski definition) is 5. The lowest BCUT2D eigenvalue weighted by molar-refractivity contribution is -0.119. The highest BCUT2D eigenvalue weighted by Gasteiger charge is 2.23. The van der Waals surface area contributed by atoms with Crippen molar-refractivity contribution in [2.45, 2.75) is 51.8 Å². The number of nitrogens with one attached hydrogen (secondary N) is 2. The highest BCUT2D eigenvalue weighted by Crippen LogP contribution is 2.35. The monoisotopic (exact) mass is 403 g/mol. The maximum atomic E-state index is 11.1. The molecule has 0 aromatic heterocycles. The summed E-state index contributed by atoms with van der Waals surface area (Å²) in [4.78, 5) is 18.0. The Morgan fingerprint density at radius 2 is 2.14 bits per heavy atom. The summed E-state index contributed by atoms with van der Waals surface area (Å²) < 4.78 is 11.5. The lowest BCUT2D eigenvalue weighted by atomic mass is 10.1. The molecule has 0 bridgehead atoms. The van der Waals surface area contributed by atoms with Crippen LogP contribution in [0.15, 0.2) is 17.1 Å². The molecular formula is C21H33N5O3. The van der Waals surface area contributed by atoms with E-state index in [0.29, 0.717) is 19.1 Å². The van der Waals surface area contributed by atoms with Gasteiger partial charge in [-0.05, 0) is 38.8 Å². The van der Waals surface area contributed by atoms with E-state index in [1.54, 1.807) is 7.11 Å². The molecule has 0 aliphatic carbocycles. The number of fused-ring (bicyclic) bond motifs is 1. The van der Waals surface area contributed by atoms with Crippen LogP contribution in [0.5, 0.6) is 11.5 Å². The number of aliphatic imine (C=N–C) groups is 1. The molecule has 1 saturated heterocycles. The number of nitrogens with two attached hydrogens (primary N) is 1. The average molecular weight is 404 g/mol. The van der Waals surface area contributed by atoms with Gasteiger partial charge in [-0.1, -0.05) is 0 Å². The summed E-state index contributed by atoms with van der Waals surface area (Å²) in [5, 5.41) is 6.84. The molecule has 2 heterocycles. The van der Waals surface area contributed by atoms with Crippen molar-refractivity contribution in [3.05, 3.63) is 23.3 Å². The van der Waals surface area contributed by atoms with Gasteiger partial charge in [0.15, 0.2) is 5.96 Å². The summed E-state index contributed by atoms with van der Waals surface area (Å²) in [6, 6.07) is 4.44. The SMILES string of the molecule is CCNC(=NCc1cc2c(cc1OC)CC(C)O2)NC1CCN(CC(N)=O)CC1. The zero-order valence-electron chi connectivity index (χ0n) is 17.7. The lowest BCUT2D eigenvalue weighted by Gasteiger charge is -2.32. The summed E-state index contributed by atoms with van der Waals surface area (Å²) in [5.41, 5.74) is 7.49. The standard InChI is InChI=1S/C21H33N5O3/c1-4-23-21(25-17-5-7-26(8-6-17)13-20(22)27)24-12-16-11-19-15(9-14(2)29-19)10-18(16)28-3/h10-11,14,17H,4-9,12-13H2,1-3H3,(H2,22,27)(H2,23,24,25). The Balaban J connectivity index is 1.63. The number of benzene rings is 1. The van der Waals surface area contributed by atoms with Crippen molar-refractivity contribution in [1.82, 2.24) is 15.5 Å². The van der Waals surface area contributed by atoms with Crippen LogP contribution in [0, 0.1) is 0 Å². The van der Waals surface area contributed by atoms with E-state index in [4.69, 9.17) is 20.2 Å². The van der Waals surface area contributed by atoms with Gasteiger partial charge >= 0.3 is 0 Å². The number of likely N-dealkylation sites (tertiary alicyclic amines) is 1. The summed E-state index contributed by atoms with van der Waals surface area (Å²) in [6.07, 6.45) is 3.01. The fraction of sp³-hybridized carbons (Fsp3) is 0.619. The quantitative estimate of drug-likeness (QED) is 0.464. The number of guanidine groups is 1. The van der Waals surface area contributed by atoms with Gasteiger partial charge < -0.3 is 25.8 Å². The van der Waals surface area contributed by atoms with Gasteiger partial charge in [0.1, 0.15) is 17.6 Å². The van der Waals surface area contributed by atoms with Crippen LogP contribution in [-0.4, -0.2) is 62.2 Å². The number of nitrogens with zero attached hydrogens (tertiary/aromatic N) is 2. The molecule has 1 fully saturated rings. The Morgan fingerprint density at radius 1 is 1.38 bits per heavy atom. The average Bonchev–Trinajstić information content (AvgIpc) is 3.05. The van der Waals surface area contributed by atoms with Crippen LogP contribution in [0.3, 0.4) is 0 Å². The number of carbonyl (C=O) groups excluding carboxylic acids is 1. The van der Waals surface area contributed by atoms with Crippen LogP contribution in [-0.2, 0) is 17.8 Å². The number of methoxy groups -OCH3 is 1. The highest BCUT2D eigenvalue weighted by atomic mass is 16.5. The third-order valence-corrected chi connectivity index (χ3v) is 5.36. The molecule has 2 aliphatic rings. The summed E-state index contributed by atoms with van der Waals surface area (Å²) in [6.45, 7) is 7.46. The second-order valence-corrected chi connectivity index (χ2v) is 7.76. The third kappa shape index (κ3) is 5.76. The molecule has 29 heavy (non-hydrogen) atoms. The van der Waals surface area contributed by atoms with Gasteiger partial charge in [0.25, 0.3) is 0 Å². The molecule has 1 unspecified atom stereocenters. The van der Waals surface area contributed by atoms with E-state index in [1.807, 2.05) is 6.07 Å². The molecule has 1 aromatic carbocycles. The molecule has 8 nitrogen and oxygen atoms in total. The molecule has 1 aromatic rings. The van der Waals surface area contributed by atoms with E-state index < -0.39 is 0 Å². The maximum absolute atomic E-state index is 11.1. The summed E-state index contributed by atoms with van der Waals surface area (Å²) in [7, 11) is 1.69. The molecule has 0 radical (unpaired) electrons. The molecule has 0 spiro atoms. The summed E-state index contributed by atoms with van der Waals surface area (Å²) in [5.74, 6) is 2.30. The first kappa shape index (κ1) is 21.2. The molecule has 2 aliphatic heterocycles. The minimum atomic E-state index is -0.270. The molecule has 3 rings (SSSR count). The number of primary amides is 1. The first-order valence-corrected chi connectivity index (χ1v) is 10.4. The van der Waals surface area contributed by atoms with Crippen molar-refractivity contribution in [3.8, 4) is 11.5 Å². The fourth-order valence-electron chi connectivity index (χ4n) is 3.93. The van der Waals surface area contributed by atoms with E-state index in [2.05, 4.69) is 35.4 Å². The third-order valence-electron chi connectivity index (χ3n) is 5.36. The zero-order chi connectivity index (χ0) is 20.8. The van der Waals surface area contributed by atoms with Crippen molar-refractivity contribution in [1.29, 1.82) is 0 Å². The largest absolute Gasteiger partial charge is 0.496 e. The van der Waals surface area contributed by atoms with Gasteiger partial charge in [-0.2, -0.15) is 0 Å². The number of ether oxygens (including phenoxy) is 2. The van der Waals surface area contributed by atoms with Gasteiger partial charge in [0.05, 0.1) is 20.2 Å².